The van der Waals surface area contributed by atoms with Gasteiger partial charge in [-0.15, -0.1) is 0 Å². The van der Waals surface area contributed by atoms with Gasteiger partial charge in [0.1, 0.15) is 12.4 Å². The van der Waals surface area contributed by atoms with Crippen LogP contribution in [0, 0.1) is 5.82 Å². The van der Waals surface area contributed by atoms with Crippen molar-refractivity contribution in [1.29, 1.82) is 0 Å². The van der Waals surface area contributed by atoms with Gasteiger partial charge >= 0.3 is 6.09 Å². The van der Waals surface area contributed by atoms with Crippen LogP contribution < -0.4 is 5.73 Å². The van der Waals surface area contributed by atoms with E-state index in [0.29, 0.717) is 12.1 Å². The number of halogens is 1. The number of rotatable bonds is 3. The number of benzene rings is 1. The predicted octanol–water partition coefficient (Wildman–Crippen LogP) is 1.67. The Balaban J connectivity index is 2.25. The summed E-state index contributed by atoms with van der Waals surface area (Å²) in [5.74, 6) is -0.328. The molecular weight excluding hydrogens is 223 g/mol. The standard InChI is InChI=1S/C12H15FN2O2/c1-8(14)6-15-11(7-17-12(15)16)9-4-2-3-5-10(9)13/h2-5,8,11H,6-7,14H2,1H3. The van der Waals surface area contributed by atoms with Gasteiger partial charge in [-0.1, -0.05) is 18.2 Å². The van der Waals surface area contributed by atoms with Crippen molar-refractivity contribution in [3.05, 3.63) is 35.6 Å². The molecule has 2 rings (SSSR count). The van der Waals surface area contributed by atoms with Crippen molar-refractivity contribution >= 4 is 6.09 Å². The zero-order valence-corrected chi connectivity index (χ0v) is 9.60. The average molecular weight is 238 g/mol. The van der Waals surface area contributed by atoms with Gasteiger partial charge in [0.2, 0.25) is 0 Å². The Kier molecular flexibility index (Phi) is 3.28. The lowest BCUT2D eigenvalue weighted by Gasteiger charge is -2.23. The van der Waals surface area contributed by atoms with Crippen LogP contribution in [0.4, 0.5) is 9.18 Å². The highest BCUT2D eigenvalue weighted by molar-refractivity contribution is 5.70. The molecule has 92 valence electrons. The largest absolute Gasteiger partial charge is 0.447 e. The maximum absolute atomic E-state index is 13.7. The van der Waals surface area contributed by atoms with Crippen LogP contribution in [0.3, 0.4) is 0 Å². The maximum Gasteiger partial charge on any atom is 0.410 e. The van der Waals surface area contributed by atoms with E-state index in [1.54, 1.807) is 25.1 Å². The maximum atomic E-state index is 13.7. The molecule has 1 aromatic carbocycles. The van der Waals surface area contributed by atoms with Crippen molar-refractivity contribution < 1.29 is 13.9 Å². The van der Waals surface area contributed by atoms with E-state index in [1.165, 1.54) is 11.0 Å². The fourth-order valence-corrected chi connectivity index (χ4v) is 1.97. The Hall–Kier alpha value is -1.62. The van der Waals surface area contributed by atoms with E-state index < -0.39 is 6.09 Å². The fourth-order valence-electron chi connectivity index (χ4n) is 1.97. The van der Waals surface area contributed by atoms with Gasteiger partial charge in [-0.3, -0.25) is 4.90 Å². The molecule has 2 N–H and O–H groups in total. The first-order chi connectivity index (χ1) is 8.09. The predicted molar refractivity (Wildman–Crippen MR) is 60.8 cm³/mol. The molecule has 1 amide bonds. The number of nitrogens with two attached hydrogens (primary N) is 1. The van der Waals surface area contributed by atoms with Crippen LogP contribution in [0.25, 0.3) is 0 Å². The molecule has 1 aliphatic heterocycles. The van der Waals surface area contributed by atoms with Crippen molar-refractivity contribution in [2.75, 3.05) is 13.2 Å². The number of carbonyl (C=O) groups is 1. The highest BCUT2D eigenvalue weighted by atomic mass is 19.1. The van der Waals surface area contributed by atoms with Gasteiger partial charge in [0, 0.05) is 18.2 Å². The van der Waals surface area contributed by atoms with E-state index in [2.05, 4.69) is 0 Å². The molecule has 1 aliphatic rings. The molecule has 0 aliphatic carbocycles. The summed E-state index contributed by atoms with van der Waals surface area (Å²) in [6, 6.07) is 5.85. The van der Waals surface area contributed by atoms with Crippen LogP contribution in [-0.2, 0) is 4.74 Å². The number of hydrogen-bond donors (Lipinski definition) is 1. The van der Waals surface area contributed by atoms with E-state index in [-0.39, 0.29) is 24.5 Å². The summed E-state index contributed by atoms with van der Waals surface area (Å²) in [5, 5.41) is 0. The van der Waals surface area contributed by atoms with E-state index in [0.717, 1.165) is 0 Å². The molecule has 0 spiro atoms. The molecule has 0 saturated carbocycles. The molecule has 1 heterocycles. The topological polar surface area (TPSA) is 55.6 Å². The molecule has 17 heavy (non-hydrogen) atoms. The first kappa shape index (κ1) is 11.9. The average Bonchev–Trinajstić information content (AvgIpc) is 2.61. The zero-order valence-electron chi connectivity index (χ0n) is 9.60. The minimum Gasteiger partial charge on any atom is -0.447 e. The van der Waals surface area contributed by atoms with Crippen LogP contribution in [0.15, 0.2) is 24.3 Å². The molecule has 1 aromatic rings. The third-order valence-electron chi connectivity index (χ3n) is 2.72. The van der Waals surface area contributed by atoms with Crippen LogP contribution >= 0.6 is 0 Å². The molecule has 0 aromatic heterocycles. The van der Waals surface area contributed by atoms with Gasteiger partial charge in [-0.25, -0.2) is 9.18 Å². The third kappa shape index (κ3) is 2.39. The van der Waals surface area contributed by atoms with Gasteiger partial charge in [0.15, 0.2) is 0 Å². The zero-order chi connectivity index (χ0) is 12.4. The molecule has 0 radical (unpaired) electrons. The molecule has 2 atom stereocenters. The highest BCUT2D eigenvalue weighted by Gasteiger charge is 2.35. The molecule has 5 heteroatoms. The number of nitrogens with zero attached hydrogens (tertiary/aromatic N) is 1. The number of cyclic esters (lactones) is 1. The second-order valence-corrected chi connectivity index (χ2v) is 4.24. The molecule has 2 unspecified atom stereocenters. The number of hydrogen-bond acceptors (Lipinski definition) is 3. The summed E-state index contributed by atoms with van der Waals surface area (Å²) >= 11 is 0. The van der Waals surface area contributed by atoms with Gasteiger partial charge in [-0.2, -0.15) is 0 Å². The van der Waals surface area contributed by atoms with E-state index in [1.807, 2.05) is 0 Å². The second-order valence-electron chi connectivity index (χ2n) is 4.24. The number of carbonyl (C=O) groups excluding carboxylic acids is 1. The summed E-state index contributed by atoms with van der Waals surface area (Å²) in [6.45, 7) is 2.33. The number of amides is 1. The van der Waals surface area contributed by atoms with Crippen LogP contribution in [0.2, 0.25) is 0 Å². The minimum atomic E-state index is -0.435. The summed E-state index contributed by atoms with van der Waals surface area (Å²) in [4.78, 5) is 13.0. The normalized spacial score (nSPS) is 21.5. The van der Waals surface area contributed by atoms with Gasteiger partial charge < -0.3 is 10.5 Å². The smallest absolute Gasteiger partial charge is 0.410 e. The van der Waals surface area contributed by atoms with Crippen LogP contribution in [-0.4, -0.2) is 30.2 Å². The molecule has 4 nitrogen and oxygen atoms in total. The first-order valence-electron chi connectivity index (χ1n) is 5.53. The minimum absolute atomic E-state index is 0.171. The van der Waals surface area contributed by atoms with Crippen molar-refractivity contribution in [1.82, 2.24) is 4.90 Å². The molecule has 0 bridgehead atoms. The molecule has 1 saturated heterocycles. The van der Waals surface area contributed by atoms with E-state index >= 15 is 0 Å². The lowest BCUT2D eigenvalue weighted by Crippen LogP contribution is -2.38. The first-order valence-corrected chi connectivity index (χ1v) is 5.53. The van der Waals surface area contributed by atoms with Gasteiger partial charge in [-0.05, 0) is 13.0 Å². The lowest BCUT2D eigenvalue weighted by molar-refractivity contribution is 0.156. The van der Waals surface area contributed by atoms with Crippen LogP contribution in [0.1, 0.15) is 18.5 Å². The molecule has 1 fully saturated rings. The number of ether oxygens (including phenoxy) is 1. The Labute approximate surface area is 99.2 Å². The second kappa shape index (κ2) is 4.71. The van der Waals surface area contributed by atoms with Gasteiger partial charge in [0.05, 0.1) is 6.04 Å². The summed E-state index contributed by atoms with van der Waals surface area (Å²) in [7, 11) is 0. The Bertz CT molecular complexity index is 423. The fraction of sp³-hybridized carbons (Fsp3) is 0.417. The monoisotopic (exact) mass is 238 g/mol. The van der Waals surface area contributed by atoms with E-state index in [9.17, 15) is 9.18 Å². The van der Waals surface area contributed by atoms with E-state index in [4.69, 9.17) is 10.5 Å². The Morgan fingerprint density at radius 2 is 2.29 bits per heavy atom. The van der Waals surface area contributed by atoms with Crippen LogP contribution in [0.5, 0.6) is 0 Å². The van der Waals surface area contributed by atoms with Gasteiger partial charge in [0.25, 0.3) is 0 Å². The third-order valence-corrected chi connectivity index (χ3v) is 2.72. The SMILES string of the molecule is CC(N)CN1C(=O)OCC1c1ccccc1F. The summed E-state index contributed by atoms with van der Waals surface area (Å²) in [5.41, 5.74) is 6.14. The summed E-state index contributed by atoms with van der Waals surface area (Å²) < 4.78 is 18.6. The van der Waals surface area contributed by atoms with Crippen molar-refractivity contribution in [2.24, 2.45) is 5.73 Å². The quantitative estimate of drug-likeness (QED) is 0.871. The van der Waals surface area contributed by atoms with Crippen molar-refractivity contribution in [3.8, 4) is 0 Å². The summed E-state index contributed by atoms with van der Waals surface area (Å²) in [6.07, 6.45) is -0.435. The Morgan fingerprint density at radius 3 is 2.94 bits per heavy atom. The molecular formula is C12H15FN2O2. The highest BCUT2D eigenvalue weighted by Crippen LogP contribution is 2.29. The van der Waals surface area contributed by atoms with Crippen molar-refractivity contribution in [2.45, 2.75) is 19.0 Å². The Morgan fingerprint density at radius 1 is 1.59 bits per heavy atom. The van der Waals surface area contributed by atoms with Crippen molar-refractivity contribution in [3.63, 3.8) is 0 Å². The lowest BCUT2D eigenvalue weighted by atomic mass is 10.1.